The zero-order chi connectivity index (χ0) is 13.5. The Morgan fingerprint density at radius 3 is 2.95 bits per heavy atom. The van der Waals surface area contributed by atoms with Gasteiger partial charge in [0.05, 0.1) is 11.6 Å². The Morgan fingerprint density at radius 1 is 1.15 bits per heavy atom. The summed E-state index contributed by atoms with van der Waals surface area (Å²) in [5, 5.41) is 3.83. The second kappa shape index (κ2) is 4.85. The first-order valence-electron chi connectivity index (χ1n) is 7.88. The first kappa shape index (κ1) is 12.3. The average Bonchev–Trinajstić information content (AvgIpc) is 2.92. The minimum atomic E-state index is 0.378. The van der Waals surface area contributed by atoms with E-state index >= 15 is 0 Å². The van der Waals surface area contributed by atoms with E-state index in [9.17, 15) is 0 Å². The van der Waals surface area contributed by atoms with Gasteiger partial charge in [0, 0.05) is 12.2 Å². The van der Waals surface area contributed by atoms with Crippen molar-refractivity contribution in [1.29, 1.82) is 0 Å². The number of piperidine rings is 1. The van der Waals surface area contributed by atoms with E-state index in [4.69, 9.17) is 4.98 Å². The third-order valence-corrected chi connectivity index (χ3v) is 5.10. The summed E-state index contributed by atoms with van der Waals surface area (Å²) in [6.45, 7) is 2.11. The van der Waals surface area contributed by atoms with Crippen LogP contribution in [-0.2, 0) is 0 Å². The highest BCUT2D eigenvalue weighted by Gasteiger charge is 2.33. The fraction of sp³-hybridized carbons (Fsp3) is 0.625. The van der Waals surface area contributed by atoms with Gasteiger partial charge in [-0.1, -0.05) is 12.8 Å². The molecule has 20 heavy (non-hydrogen) atoms. The Kier molecular flexibility index (Phi) is 2.99. The third kappa shape index (κ3) is 2.03. The molecule has 1 aliphatic carbocycles. The molecule has 1 saturated heterocycles. The van der Waals surface area contributed by atoms with Crippen LogP contribution in [0.1, 0.15) is 56.0 Å². The molecule has 106 valence electrons. The fourth-order valence-electron chi connectivity index (χ4n) is 3.93. The summed E-state index contributed by atoms with van der Waals surface area (Å²) in [4.78, 5) is 12.6. The zero-order valence-electron chi connectivity index (χ0n) is 12.0. The number of hydrogen-bond acceptors (Lipinski definition) is 3. The number of nitrogens with zero attached hydrogens (tertiary/aromatic N) is 2. The van der Waals surface area contributed by atoms with Crippen molar-refractivity contribution in [3.63, 3.8) is 0 Å². The van der Waals surface area contributed by atoms with Gasteiger partial charge in [0.1, 0.15) is 5.82 Å². The molecule has 4 heteroatoms. The summed E-state index contributed by atoms with van der Waals surface area (Å²) in [7, 11) is 0. The second-order valence-corrected chi connectivity index (χ2v) is 6.40. The van der Waals surface area contributed by atoms with Crippen molar-refractivity contribution >= 4 is 11.2 Å². The first-order chi connectivity index (χ1) is 9.81. The van der Waals surface area contributed by atoms with Crippen molar-refractivity contribution in [2.45, 2.75) is 57.5 Å². The molecule has 3 unspecified atom stereocenters. The van der Waals surface area contributed by atoms with Crippen molar-refractivity contribution in [1.82, 2.24) is 20.3 Å². The van der Waals surface area contributed by atoms with E-state index in [1.165, 1.54) is 44.1 Å². The molecule has 1 aliphatic heterocycles. The van der Waals surface area contributed by atoms with Gasteiger partial charge in [-0.05, 0) is 50.2 Å². The molecule has 3 atom stereocenters. The van der Waals surface area contributed by atoms with E-state index in [0.717, 1.165) is 22.9 Å². The van der Waals surface area contributed by atoms with E-state index in [1.807, 2.05) is 12.3 Å². The van der Waals surface area contributed by atoms with E-state index in [-0.39, 0.29) is 0 Å². The molecule has 2 aromatic heterocycles. The van der Waals surface area contributed by atoms with Gasteiger partial charge in [0.25, 0.3) is 0 Å². The number of pyridine rings is 1. The fourth-order valence-corrected chi connectivity index (χ4v) is 3.93. The normalized spacial score (nSPS) is 30.4. The molecule has 2 aliphatic rings. The summed E-state index contributed by atoms with van der Waals surface area (Å²) in [5.41, 5.74) is 3.17. The highest BCUT2D eigenvalue weighted by atomic mass is 15.1. The van der Waals surface area contributed by atoms with Crippen LogP contribution in [0.3, 0.4) is 0 Å². The van der Waals surface area contributed by atoms with Crippen LogP contribution in [0.15, 0.2) is 12.3 Å². The molecule has 0 radical (unpaired) electrons. The molecule has 1 saturated carbocycles. The minimum Gasteiger partial charge on any atom is -0.339 e. The number of hydrogen-bond donors (Lipinski definition) is 2. The Bertz CT molecular complexity index is 618. The van der Waals surface area contributed by atoms with Crippen LogP contribution >= 0.6 is 0 Å². The molecule has 2 aromatic rings. The molecule has 0 aromatic carbocycles. The Balaban J connectivity index is 1.61. The van der Waals surface area contributed by atoms with Crippen LogP contribution in [0.4, 0.5) is 0 Å². The van der Waals surface area contributed by atoms with Gasteiger partial charge in [-0.2, -0.15) is 0 Å². The van der Waals surface area contributed by atoms with Crippen LogP contribution in [0.2, 0.25) is 0 Å². The molecule has 0 spiro atoms. The lowest BCUT2D eigenvalue weighted by molar-refractivity contribution is 0.174. The largest absolute Gasteiger partial charge is 0.339 e. The number of rotatable bonds is 1. The van der Waals surface area contributed by atoms with Crippen LogP contribution in [-0.4, -0.2) is 21.0 Å². The van der Waals surface area contributed by atoms with E-state index in [2.05, 4.69) is 22.2 Å². The lowest BCUT2D eigenvalue weighted by Crippen LogP contribution is -2.45. The Hall–Kier alpha value is -1.42. The lowest BCUT2D eigenvalue weighted by Gasteiger charge is -2.39. The van der Waals surface area contributed by atoms with Gasteiger partial charge in [-0.3, -0.25) is 0 Å². The topological polar surface area (TPSA) is 53.6 Å². The van der Waals surface area contributed by atoms with Crippen LogP contribution in [0.5, 0.6) is 0 Å². The monoisotopic (exact) mass is 270 g/mol. The number of fused-ring (bicyclic) bond motifs is 2. The molecule has 3 heterocycles. The maximum Gasteiger partial charge on any atom is 0.178 e. The van der Waals surface area contributed by atoms with Gasteiger partial charge in [-0.25, -0.2) is 9.97 Å². The second-order valence-electron chi connectivity index (χ2n) is 6.40. The maximum absolute atomic E-state index is 4.71. The smallest absolute Gasteiger partial charge is 0.178 e. The van der Waals surface area contributed by atoms with Crippen molar-refractivity contribution in [2.75, 3.05) is 0 Å². The lowest BCUT2D eigenvalue weighted by atomic mass is 9.77. The van der Waals surface area contributed by atoms with Crippen molar-refractivity contribution in [3.05, 3.63) is 23.7 Å². The molecule has 4 rings (SSSR count). The third-order valence-electron chi connectivity index (χ3n) is 5.10. The molecule has 0 bridgehead atoms. The van der Waals surface area contributed by atoms with Gasteiger partial charge in [-0.15, -0.1) is 0 Å². The van der Waals surface area contributed by atoms with Crippen molar-refractivity contribution in [3.8, 4) is 0 Å². The number of aromatic amines is 1. The van der Waals surface area contributed by atoms with Gasteiger partial charge in [0.2, 0.25) is 0 Å². The van der Waals surface area contributed by atoms with Gasteiger partial charge < -0.3 is 10.3 Å². The molecule has 0 amide bonds. The molecular formula is C16H22N4. The highest BCUT2D eigenvalue weighted by Crippen LogP contribution is 2.36. The summed E-state index contributed by atoms with van der Waals surface area (Å²) in [6.07, 6.45) is 9.91. The molecule has 2 N–H and O–H groups in total. The number of imidazole rings is 1. The predicted molar refractivity (Wildman–Crippen MR) is 79.5 cm³/mol. The summed E-state index contributed by atoms with van der Waals surface area (Å²) >= 11 is 0. The van der Waals surface area contributed by atoms with E-state index in [0.29, 0.717) is 12.1 Å². The predicted octanol–water partition coefficient (Wildman–Crippen LogP) is 3.25. The summed E-state index contributed by atoms with van der Waals surface area (Å²) in [6, 6.07) is 3.11. The molecular weight excluding hydrogens is 248 g/mol. The number of nitrogens with one attached hydrogen (secondary N) is 2. The maximum atomic E-state index is 4.71. The van der Waals surface area contributed by atoms with Crippen molar-refractivity contribution in [2.24, 2.45) is 5.92 Å². The quantitative estimate of drug-likeness (QED) is 0.836. The number of aryl methyl sites for hydroxylation is 1. The molecule has 4 nitrogen and oxygen atoms in total. The van der Waals surface area contributed by atoms with E-state index in [1.54, 1.807) is 0 Å². The van der Waals surface area contributed by atoms with Crippen molar-refractivity contribution < 1.29 is 0 Å². The van der Waals surface area contributed by atoms with Crippen LogP contribution < -0.4 is 5.32 Å². The van der Waals surface area contributed by atoms with Crippen LogP contribution in [0.25, 0.3) is 11.2 Å². The van der Waals surface area contributed by atoms with E-state index < -0.39 is 0 Å². The summed E-state index contributed by atoms with van der Waals surface area (Å²) < 4.78 is 0. The van der Waals surface area contributed by atoms with Gasteiger partial charge in [0.15, 0.2) is 5.65 Å². The minimum absolute atomic E-state index is 0.378. The van der Waals surface area contributed by atoms with Crippen LogP contribution in [0, 0.1) is 12.8 Å². The number of aromatic nitrogens is 3. The Morgan fingerprint density at radius 2 is 2.05 bits per heavy atom. The number of H-pyrrole nitrogens is 1. The first-order valence-corrected chi connectivity index (χ1v) is 7.88. The SMILES string of the molecule is Cc1ccnc2nc(C3CCC4CCCCC4N3)[nH]c12. The standard InChI is InChI=1S/C16H22N4/c1-10-8-9-17-16-14(10)19-15(20-16)13-7-6-11-4-2-3-5-12(11)18-13/h8-9,11-13,18H,2-7H2,1H3,(H,17,19,20). The Labute approximate surface area is 119 Å². The highest BCUT2D eigenvalue weighted by molar-refractivity contribution is 5.74. The zero-order valence-corrected chi connectivity index (χ0v) is 12.0. The molecule has 2 fully saturated rings. The average molecular weight is 270 g/mol. The van der Waals surface area contributed by atoms with Gasteiger partial charge >= 0.3 is 0 Å². The summed E-state index contributed by atoms with van der Waals surface area (Å²) in [5.74, 6) is 1.97.